The van der Waals surface area contributed by atoms with E-state index in [1.807, 2.05) is 36.4 Å². The third-order valence-corrected chi connectivity index (χ3v) is 3.73. The summed E-state index contributed by atoms with van der Waals surface area (Å²) in [5.41, 5.74) is 2.93. The fourth-order valence-electron chi connectivity index (χ4n) is 2.46. The first-order chi connectivity index (χ1) is 10.2. The summed E-state index contributed by atoms with van der Waals surface area (Å²) in [5, 5.41) is 6.36. The molecule has 0 saturated heterocycles. The maximum atomic E-state index is 6.09. The van der Waals surface area contributed by atoms with E-state index in [4.69, 9.17) is 21.3 Å². The Morgan fingerprint density at radius 2 is 1.95 bits per heavy atom. The number of aromatic nitrogens is 1. The van der Waals surface area contributed by atoms with Gasteiger partial charge >= 0.3 is 0 Å². The van der Waals surface area contributed by atoms with Crippen LogP contribution in [0.5, 0.6) is 5.75 Å². The van der Waals surface area contributed by atoms with Crippen molar-refractivity contribution >= 4 is 39.1 Å². The van der Waals surface area contributed by atoms with E-state index in [-0.39, 0.29) is 0 Å². The predicted molar refractivity (Wildman–Crippen MR) is 89.6 cm³/mol. The minimum absolute atomic E-state index is 0.698. The first kappa shape index (κ1) is 14.0. The highest BCUT2D eigenvalue weighted by molar-refractivity contribution is 6.31. The fraction of sp³-hybridized carbons (Fsp3) is 0.235. The summed E-state index contributed by atoms with van der Waals surface area (Å²) in [6.07, 6.45) is 1.06. The van der Waals surface area contributed by atoms with Crippen molar-refractivity contribution in [1.29, 1.82) is 0 Å². The fourth-order valence-corrected chi connectivity index (χ4v) is 2.63. The Kier molecular flexibility index (Phi) is 3.84. The van der Waals surface area contributed by atoms with E-state index in [0.717, 1.165) is 46.2 Å². The number of anilines is 1. The van der Waals surface area contributed by atoms with Crippen LogP contribution in [0.2, 0.25) is 5.02 Å². The molecule has 3 nitrogen and oxygen atoms in total. The molecule has 1 heterocycles. The summed E-state index contributed by atoms with van der Waals surface area (Å²) in [6, 6.07) is 11.7. The number of hydrogen-bond donors (Lipinski definition) is 1. The Morgan fingerprint density at radius 1 is 1.10 bits per heavy atom. The number of ether oxygens (including phenoxy) is 1. The van der Waals surface area contributed by atoms with Gasteiger partial charge in [-0.25, -0.2) is 4.98 Å². The summed E-state index contributed by atoms with van der Waals surface area (Å²) < 4.78 is 5.34. The van der Waals surface area contributed by atoms with Crippen molar-refractivity contribution in [1.82, 2.24) is 4.98 Å². The van der Waals surface area contributed by atoms with Crippen molar-refractivity contribution in [3.8, 4) is 5.75 Å². The van der Waals surface area contributed by atoms with Gasteiger partial charge in [-0.3, -0.25) is 0 Å². The summed E-state index contributed by atoms with van der Waals surface area (Å²) in [6.45, 7) is 3.06. The van der Waals surface area contributed by atoms with E-state index >= 15 is 0 Å². The van der Waals surface area contributed by atoms with Gasteiger partial charge in [-0.1, -0.05) is 18.5 Å². The van der Waals surface area contributed by atoms with Crippen molar-refractivity contribution in [2.75, 3.05) is 19.0 Å². The molecule has 1 aromatic heterocycles. The van der Waals surface area contributed by atoms with Crippen molar-refractivity contribution in [3.63, 3.8) is 0 Å². The van der Waals surface area contributed by atoms with Crippen molar-refractivity contribution < 1.29 is 4.74 Å². The lowest BCUT2D eigenvalue weighted by Crippen LogP contribution is -2.02. The van der Waals surface area contributed by atoms with E-state index in [2.05, 4.69) is 12.2 Å². The Hall–Kier alpha value is -2.00. The zero-order valence-corrected chi connectivity index (χ0v) is 12.9. The van der Waals surface area contributed by atoms with Crippen LogP contribution in [0, 0.1) is 0 Å². The molecule has 0 saturated carbocycles. The van der Waals surface area contributed by atoms with Crippen molar-refractivity contribution in [2.45, 2.75) is 13.3 Å². The lowest BCUT2D eigenvalue weighted by atomic mass is 10.1. The third-order valence-electron chi connectivity index (χ3n) is 3.49. The topological polar surface area (TPSA) is 34.2 Å². The van der Waals surface area contributed by atoms with Crippen LogP contribution < -0.4 is 10.1 Å². The largest absolute Gasteiger partial charge is 0.497 e. The highest BCUT2D eigenvalue weighted by atomic mass is 35.5. The van der Waals surface area contributed by atoms with Gasteiger partial charge in [-0.05, 0) is 42.8 Å². The Bertz CT molecular complexity index is 801. The molecule has 3 aromatic rings. The van der Waals surface area contributed by atoms with E-state index in [0.29, 0.717) is 5.02 Å². The number of benzene rings is 2. The maximum Gasteiger partial charge on any atom is 0.119 e. The summed E-state index contributed by atoms with van der Waals surface area (Å²) >= 11 is 6.09. The van der Waals surface area contributed by atoms with Gasteiger partial charge in [-0.15, -0.1) is 0 Å². The highest BCUT2D eigenvalue weighted by Crippen LogP contribution is 2.34. The normalized spacial score (nSPS) is 11.0. The van der Waals surface area contributed by atoms with Crippen LogP contribution in [-0.4, -0.2) is 18.6 Å². The standard InChI is InChI=1S/C17H17ClN2O/c1-3-8-19-17-13-6-4-11(18)9-16(13)20-15-7-5-12(21-2)10-14(15)17/h4-7,9-10H,3,8H2,1-2H3,(H,19,20). The molecule has 0 atom stereocenters. The minimum atomic E-state index is 0.698. The van der Waals surface area contributed by atoms with Gasteiger partial charge in [0.2, 0.25) is 0 Å². The quantitative estimate of drug-likeness (QED) is 0.698. The van der Waals surface area contributed by atoms with Gasteiger partial charge in [0, 0.05) is 22.3 Å². The molecule has 0 spiro atoms. The molecule has 0 aliphatic heterocycles. The smallest absolute Gasteiger partial charge is 0.119 e. The van der Waals surface area contributed by atoms with Crippen molar-refractivity contribution in [2.24, 2.45) is 0 Å². The predicted octanol–water partition coefficient (Wildman–Crippen LogP) is 4.87. The average Bonchev–Trinajstić information content (AvgIpc) is 2.50. The molecule has 1 N–H and O–H groups in total. The second-order valence-corrected chi connectivity index (χ2v) is 5.39. The van der Waals surface area contributed by atoms with Crippen LogP contribution in [0.1, 0.15) is 13.3 Å². The first-order valence-electron chi connectivity index (χ1n) is 7.04. The number of rotatable bonds is 4. The lowest BCUT2D eigenvalue weighted by Gasteiger charge is -2.13. The molecule has 0 aliphatic rings. The molecular weight excluding hydrogens is 284 g/mol. The van der Waals surface area contributed by atoms with Crippen LogP contribution in [0.3, 0.4) is 0 Å². The van der Waals surface area contributed by atoms with Crippen LogP contribution >= 0.6 is 11.6 Å². The molecule has 0 radical (unpaired) electrons. The second-order valence-electron chi connectivity index (χ2n) is 4.96. The zero-order chi connectivity index (χ0) is 14.8. The Morgan fingerprint density at radius 3 is 2.71 bits per heavy atom. The van der Waals surface area contributed by atoms with Crippen LogP contribution in [0.25, 0.3) is 21.8 Å². The maximum absolute atomic E-state index is 6.09. The number of methoxy groups -OCH3 is 1. The van der Waals surface area contributed by atoms with Crippen molar-refractivity contribution in [3.05, 3.63) is 41.4 Å². The van der Waals surface area contributed by atoms with Gasteiger partial charge in [0.15, 0.2) is 0 Å². The van der Waals surface area contributed by atoms with Gasteiger partial charge in [0.05, 0.1) is 23.8 Å². The molecule has 0 bridgehead atoms. The molecule has 0 amide bonds. The van der Waals surface area contributed by atoms with Gasteiger partial charge in [0.25, 0.3) is 0 Å². The summed E-state index contributed by atoms with van der Waals surface area (Å²) in [4.78, 5) is 4.70. The van der Waals surface area contributed by atoms with E-state index in [1.165, 1.54) is 0 Å². The van der Waals surface area contributed by atoms with E-state index < -0.39 is 0 Å². The number of nitrogens with zero attached hydrogens (tertiary/aromatic N) is 1. The Labute approximate surface area is 128 Å². The SMILES string of the molecule is CCCNc1c2ccc(Cl)cc2nc2ccc(OC)cc12. The molecule has 3 rings (SSSR count). The van der Waals surface area contributed by atoms with E-state index in [9.17, 15) is 0 Å². The first-order valence-corrected chi connectivity index (χ1v) is 7.41. The number of fused-ring (bicyclic) bond motifs is 2. The average molecular weight is 301 g/mol. The number of nitrogens with one attached hydrogen (secondary N) is 1. The number of hydrogen-bond acceptors (Lipinski definition) is 3. The lowest BCUT2D eigenvalue weighted by molar-refractivity contribution is 0.415. The zero-order valence-electron chi connectivity index (χ0n) is 12.1. The van der Waals surface area contributed by atoms with Gasteiger partial charge < -0.3 is 10.1 Å². The van der Waals surface area contributed by atoms with Crippen LogP contribution in [0.4, 0.5) is 5.69 Å². The molecule has 2 aromatic carbocycles. The number of pyridine rings is 1. The van der Waals surface area contributed by atoms with E-state index in [1.54, 1.807) is 7.11 Å². The van der Waals surface area contributed by atoms with Gasteiger partial charge in [0.1, 0.15) is 5.75 Å². The van der Waals surface area contributed by atoms with Crippen LogP contribution in [-0.2, 0) is 0 Å². The minimum Gasteiger partial charge on any atom is -0.497 e. The summed E-state index contributed by atoms with van der Waals surface area (Å²) in [7, 11) is 1.68. The van der Waals surface area contributed by atoms with Gasteiger partial charge in [-0.2, -0.15) is 0 Å². The highest BCUT2D eigenvalue weighted by Gasteiger charge is 2.10. The third kappa shape index (κ3) is 2.61. The monoisotopic (exact) mass is 300 g/mol. The second kappa shape index (κ2) is 5.78. The van der Waals surface area contributed by atoms with Crippen LogP contribution in [0.15, 0.2) is 36.4 Å². The summed E-state index contributed by atoms with van der Waals surface area (Å²) in [5.74, 6) is 0.831. The molecule has 0 fully saturated rings. The molecule has 4 heteroatoms. The Balaban J connectivity index is 2.33. The number of halogens is 1. The molecule has 108 valence electrons. The molecule has 0 aliphatic carbocycles. The molecule has 0 unspecified atom stereocenters. The molecular formula is C17H17ClN2O. The molecule has 21 heavy (non-hydrogen) atoms.